The van der Waals surface area contributed by atoms with Gasteiger partial charge in [-0.15, -0.1) is 0 Å². The molecule has 0 aromatic rings. The van der Waals surface area contributed by atoms with Gasteiger partial charge in [-0.05, 0) is 32.6 Å². The molecule has 0 aromatic heterocycles. The number of allylic oxidation sites excluding steroid dienone is 7. The molecule has 1 rings (SSSR count). The average molecular weight is 174 g/mol. The second-order valence-electron chi connectivity index (χ2n) is 3.55. The van der Waals surface area contributed by atoms with Gasteiger partial charge in [-0.1, -0.05) is 48.1 Å². The van der Waals surface area contributed by atoms with Crippen LogP contribution in [0.1, 0.15) is 32.6 Å². The van der Waals surface area contributed by atoms with Gasteiger partial charge in [0, 0.05) is 0 Å². The lowest BCUT2D eigenvalue weighted by molar-refractivity contribution is 0.931. The van der Waals surface area contributed by atoms with Crippen LogP contribution in [0.5, 0.6) is 0 Å². The Labute approximate surface area is 81.4 Å². The van der Waals surface area contributed by atoms with Gasteiger partial charge in [0.05, 0.1) is 0 Å². The third kappa shape index (κ3) is 4.51. The number of hydrogen-bond donors (Lipinski definition) is 0. The van der Waals surface area contributed by atoms with Gasteiger partial charge in [0.15, 0.2) is 0 Å². The SMILES string of the molecule is C=C(C)C=C/C1=C/CC/C=C\CC1. The van der Waals surface area contributed by atoms with Crippen molar-refractivity contribution in [3.8, 4) is 0 Å². The lowest BCUT2D eigenvalue weighted by Gasteiger charge is -2.03. The summed E-state index contributed by atoms with van der Waals surface area (Å²) < 4.78 is 0. The molecule has 0 heteroatoms. The zero-order chi connectivity index (χ0) is 9.52. The molecule has 0 spiro atoms. The molecule has 0 saturated carbocycles. The monoisotopic (exact) mass is 174 g/mol. The molecule has 0 nitrogen and oxygen atoms in total. The van der Waals surface area contributed by atoms with Gasteiger partial charge in [0.2, 0.25) is 0 Å². The highest BCUT2D eigenvalue weighted by Crippen LogP contribution is 2.13. The topological polar surface area (TPSA) is 0 Å². The summed E-state index contributed by atoms with van der Waals surface area (Å²) in [4.78, 5) is 0. The van der Waals surface area contributed by atoms with Crippen molar-refractivity contribution in [1.82, 2.24) is 0 Å². The Bertz CT molecular complexity index is 251. The predicted octanol–water partition coefficient (Wildman–Crippen LogP) is 4.18. The van der Waals surface area contributed by atoms with Crippen molar-refractivity contribution >= 4 is 0 Å². The lowest BCUT2D eigenvalue weighted by Crippen LogP contribution is -1.82. The van der Waals surface area contributed by atoms with E-state index in [1.54, 1.807) is 0 Å². The Morgan fingerprint density at radius 2 is 2.08 bits per heavy atom. The van der Waals surface area contributed by atoms with Crippen LogP contribution in [0.15, 0.2) is 48.1 Å². The average Bonchev–Trinajstić information content (AvgIpc) is 2.01. The maximum Gasteiger partial charge on any atom is -0.0247 e. The molecule has 0 N–H and O–H groups in total. The predicted molar refractivity (Wildman–Crippen MR) is 59.6 cm³/mol. The molecule has 0 aliphatic heterocycles. The smallest absolute Gasteiger partial charge is 0.0247 e. The minimum absolute atomic E-state index is 1.12. The van der Waals surface area contributed by atoms with E-state index in [1.165, 1.54) is 31.3 Å². The fourth-order valence-corrected chi connectivity index (χ4v) is 1.35. The fourth-order valence-electron chi connectivity index (χ4n) is 1.35. The molecule has 0 bridgehead atoms. The third-order valence-electron chi connectivity index (χ3n) is 2.09. The molecule has 0 fully saturated rings. The first-order chi connectivity index (χ1) is 6.29. The number of hydrogen-bond acceptors (Lipinski definition) is 0. The minimum atomic E-state index is 1.12. The van der Waals surface area contributed by atoms with Gasteiger partial charge in [0.25, 0.3) is 0 Å². The Balaban J connectivity index is 2.52. The van der Waals surface area contributed by atoms with Crippen molar-refractivity contribution in [3.63, 3.8) is 0 Å². The molecule has 1 aliphatic rings. The summed E-state index contributed by atoms with van der Waals surface area (Å²) in [6, 6.07) is 0. The second-order valence-corrected chi connectivity index (χ2v) is 3.55. The molecule has 1 aliphatic carbocycles. The van der Waals surface area contributed by atoms with Gasteiger partial charge in [-0.2, -0.15) is 0 Å². The maximum absolute atomic E-state index is 3.85. The van der Waals surface area contributed by atoms with E-state index in [2.05, 4.69) is 37.0 Å². The summed E-state index contributed by atoms with van der Waals surface area (Å²) >= 11 is 0. The Hall–Kier alpha value is -1.04. The maximum atomic E-state index is 3.85. The summed E-state index contributed by atoms with van der Waals surface area (Å²) in [7, 11) is 0. The molecule has 0 radical (unpaired) electrons. The van der Waals surface area contributed by atoms with E-state index in [-0.39, 0.29) is 0 Å². The van der Waals surface area contributed by atoms with Crippen molar-refractivity contribution < 1.29 is 0 Å². The largest absolute Gasteiger partial charge is 0.0961 e. The molecule has 0 heterocycles. The molecular formula is C13H18. The van der Waals surface area contributed by atoms with Gasteiger partial charge in [-0.25, -0.2) is 0 Å². The van der Waals surface area contributed by atoms with Crippen molar-refractivity contribution in [2.24, 2.45) is 0 Å². The Kier molecular flexibility index (Phi) is 4.31. The van der Waals surface area contributed by atoms with Gasteiger partial charge >= 0.3 is 0 Å². The summed E-state index contributed by atoms with van der Waals surface area (Å²) in [6.45, 7) is 5.88. The highest BCUT2D eigenvalue weighted by molar-refractivity contribution is 5.26. The van der Waals surface area contributed by atoms with Crippen molar-refractivity contribution in [1.29, 1.82) is 0 Å². The van der Waals surface area contributed by atoms with E-state index in [4.69, 9.17) is 0 Å². The summed E-state index contributed by atoms with van der Waals surface area (Å²) in [5.74, 6) is 0. The molecule has 0 atom stereocenters. The zero-order valence-electron chi connectivity index (χ0n) is 8.42. The van der Waals surface area contributed by atoms with Crippen molar-refractivity contribution in [2.45, 2.75) is 32.6 Å². The van der Waals surface area contributed by atoms with E-state index >= 15 is 0 Å². The van der Waals surface area contributed by atoms with E-state index < -0.39 is 0 Å². The minimum Gasteiger partial charge on any atom is -0.0961 e. The highest BCUT2D eigenvalue weighted by atomic mass is 14.0. The molecular weight excluding hydrogens is 156 g/mol. The van der Waals surface area contributed by atoms with Crippen molar-refractivity contribution in [2.75, 3.05) is 0 Å². The van der Waals surface area contributed by atoms with E-state index in [0.717, 1.165) is 5.57 Å². The van der Waals surface area contributed by atoms with E-state index in [1.807, 2.05) is 6.92 Å². The van der Waals surface area contributed by atoms with Crippen LogP contribution in [0.3, 0.4) is 0 Å². The van der Waals surface area contributed by atoms with Gasteiger partial charge in [-0.3, -0.25) is 0 Å². The fraction of sp³-hybridized carbons (Fsp3) is 0.385. The first-order valence-electron chi connectivity index (χ1n) is 4.96. The number of rotatable bonds is 2. The quantitative estimate of drug-likeness (QED) is 0.435. The van der Waals surface area contributed by atoms with Crippen LogP contribution in [-0.2, 0) is 0 Å². The standard InChI is InChI=1S/C13H18/c1-12(2)10-11-13-8-6-4-3-5-7-9-13/h3-4,9-11H,1,5-8H2,2H3/b4-3-,11-10?,13-9+. The van der Waals surface area contributed by atoms with Gasteiger partial charge in [0.1, 0.15) is 0 Å². The molecule has 0 unspecified atom stereocenters. The third-order valence-corrected chi connectivity index (χ3v) is 2.09. The molecule has 0 aromatic carbocycles. The van der Waals surface area contributed by atoms with Crippen LogP contribution in [0.2, 0.25) is 0 Å². The lowest BCUT2D eigenvalue weighted by atomic mass is 10.0. The Morgan fingerprint density at radius 3 is 2.85 bits per heavy atom. The molecule has 13 heavy (non-hydrogen) atoms. The van der Waals surface area contributed by atoms with Crippen LogP contribution in [-0.4, -0.2) is 0 Å². The van der Waals surface area contributed by atoms with Crippen LogP contribution in [0.25, 0.3) is 0 Å². The molecule has 0 amide bonds. The van der Waals surface area contributed by atoms with Crippen LogP contribution in [0, 0.1) is 0 Å². The van der Waals surface area contributed by atoms with Crippen molar-refractivity contribution in [3.05, 3.63) is 48.1 Å². The zero-order valence-corrected chi connectivity index (χ0v) is 8.42. The highest BCUT2D eigenvalue weighted by Gasteiger charge is 1.93. The van der Waals surface area contributed by atoms with Crippen LogP contribution >= 0.6 is 0 Å². The summed E-state index contributed by atoms with van der Waals surface area (Å²) in [6.07, 6.45) is 15.9. The summed E-state index contributed by atoms with van der Waals surface area (Å²) in [5, 5.41) is 0. The normalized spacial score (nSPS) is 24.5. The second kappa shape index (κ2) is 5.58. The van der Waals surface area contributed by atoms with Crippen LogP contribution in [0.4, 0.5) is 0 Å². The van der Waals surface area contributed by atoms with Crippen LogP contribution < -0.4 is 0 Å². The van der Waals surface area contributed by atoms with E-state index in [9.17, 15) is 0 Å². The first kappa shape index (κ1) is 10.0. The van der Waals surface area contributed by atoms with Gasteiger partial charge < -0.3 is 0 Å². The summed E-state index contributed by atoms with van der Waals surface area (Å²) in [5.41, 5.74) is 2.57. The molecule has 70 valence electrons. The van der Waals surface area contributed by atoms with E-state index in [0.29, 0.717) is 0 Å². The Morgan fingerprint density at radius 1 is 1.31 bits per heavy atom. The first-order valence-corrected chi connectivity index (χ1v) is 4.96. The molecule has 0 saturated heterocycles.